The van der Waals surface area contributed by atoms with E-state index in [-0.39, 0.29) is 6.42 Å². The molecular weight excluding hydrogens is 476 g/mol. The summed E-state index contributed by atoms with van der Waals surface area (Å²) in [5, 5.41) is 11.4. The SMILES string of the molecule is C=C.CC(C)(C)C.CSN1c2c(C)c(CC(=O)O)c(-c3ccc(Cl)cc3)c3cc(C)n(c23)C[C@H]1C. The second-order valence-electron chi connectivity index (χ2n) is 10.4. The Hall–Kier alpha value is -2.37. The van der Waals surface area contributed by atoms with Gasteiger partial charge < -0.3 is 14.0 Å². The molecule has 2 aromatic carbocycles. The van der Waals surface area contributed by atoms with Gasteiger partial charge in [0.15, 0.2) is 0 Å². The molecule has 0 bridgehead atoms. The normalized spacial score (nSPS) is 14.7. The average molecular weight is 515 g/mol. The topological polar surface area (TPSA) is 45.5 Å². The van der Waals surface area contributed by atoms with Gasteiger partial charge in [-0.3, -0.25) is 4.79 Å². The van der Waals surface area contributed by atoms with Crippen LogP contribution in [0.5, 0.6) is 0 Å². The number of rotatable bonds is 4. The first kappa shape index (κ1) is 28.9. The van der Waals surface area contributed by atoms with Gasteiger partial charge in [0, 0.05) is 28.9 Å². The highest BCUT2D eigenvalue weighted by molar-refractivity contribution is 8.00. The number of carbonyl (C=O) groups is 1. The van der Waals surface area contributed by atoms with Crippen molar-refractivity contribution >= 4 is 46.1 Å². The van der Waals surface area contributed by atoms with Crippen LogP contribution >= 0.6 is 23.5 Å². The van der Waals surface area contributed by atoms with Crippen molar-refractivity contribution < 1.29 is 9.90 Å². The lowest BCUT2D eigenvalue weighted by molar-refractivity contribution is -0.136. The Morgan fingerprint density at radius 3 is 2.20 bits per heavy atom. The summed E-state index contributed by atoms with van der Waals surface area (Å²) in [7, 11) is 0. The van der Waals surface area contributed by atoms with E-state index in [0.29, 0.717) is 16.5 Å². The molecule has 190 valence electrons. The van der Waals surface area contributed by atoms with Gasteiger partial charge in [0.05, 0.1) is 23.7 Å². The number of hydrogen-bond acceptors (Lipinski definition) is 3. The molecule has 35 heavy (non-hydrogen) atoms. The highest BCUT2D eigenvalue weighted by Crippen LogP contribution is 2.47. The predicted octanol–water partition coefficient (Wildman–Crippen LogP) is 8.55. The summed E-state index contributed by atoms with van der Waals surface area (Å²) in [5.74, 6) is -0.819. The molecule has 0 amide bonds. The molecule has 0 spiro atoms. The number of nitrogens with zero attached hydrogens (tertiary/aromatic N) is 2. The summed E-state index contributed by atoms with van der Waals surface area (Å²) < 4.78 is 4.70. The van der Waals surface area contributed by atoms with Crippen LogP contribution in [0.4, 0.5) is 5.69 Å². The molecule has 0 saturated carbocycles. The van der Waals surface area contributed by atoms with Crippen molar-refractivity contribution in [3.8, 4) is 11.1 Å². The highest BCUT2D eigenvalue weighted by atomic mass is 35.5. The van der Waals surface area contributed by atoms with Gasteiger partial charge in [-0.1, -0.05) is 63.4 Å². The van der Waals surface area contributed by atoms with Crippen LogP contribution in [0, 0.1) is 19.3 Å². The van der Waals surface area contributed by atoms with Crippen LogP contribution in [0.3, 0.4) is 0 Å². The first-order valence-electron chi connectivity index (χ1n) is 11.8. The van der Waals surface area contributed by atoms with E-state index in [0.717, 1.165) is 39.9 Å². The minimum Gasteiger partial charge on any atom is -0.481 e. The van der Waals surface area contributed by atoms with E-state index in [2.05, 4.69) is 82.8 Å². The lowest BCUT2D eigenvalue weighted by Crippen LogP contribution is -2.35. The fourth-order valence-corrected chi connectivity index (χ4v) is 5.41. The lowest BCUT2D eigenvalue weighted by Gasteiger charge is -2.37. The quantitative estimate of drug-likeness (QED) is 0.280. The van der Waals surface area contributed by atoms with Crippen LogP contribution in [0.15, 0.2) is 43.5 Å². The van der Waals surface area contributed by atoms with Gasteiger partial charge in [0.2, 0.25) is 0 Å². The average Bonchev–Trinajstić information content (AvgIpc) is 3.08. The molecule has 3 aromatic rings. The summed E-state index contributed by atoms with van der Waals surface area (Å²) in [6.45, 7) is 22.1. The van der Waals surface area contributed by atoms with Crippen molar-refractivity contribution in [2.75, 3.05) is 10.6 Å². The van der Waals surface area contributed by atoms with Crippen LogP contribution in [-0.4, -0.2) is 27.9 Å². The highest BCUT2D eigenvalue weighted by Gasteiger charge is 2.31. The summed E-state index contributed by atoms with van der Waals surface area (Å²) in [4.78, 5) is 11.8. The van der Waals surface area contributed by atoms with Crippen molar-refractivity contribution in [1.29, 1.82) is 0 Å². The van der Waals surface area contributed by atoms with Crippen molar-refractivity contribution in [3.05, 3.63) is 65.3 Å². The van der Waals surface area contributed by atoms with E-state index < -0.39 is 5.97 Å². The number of aliphatic carboxylic acids is 1. The van der Waals surface area contributed by atoms with Crippen LogP contribution < -0.4 is 4.31 Å². The van der Waals surface area contributed by atoms with E-state index >= 15 is 0 Å². The maximum absolute atomic E-state index is 11.8. The molecule has 1 atom stereocenters. The fraction of sp³-hybridized carbons (Fsp3) is 0.414. The molecule has 1 aliphatic rings. The van der Waals surface area contributed by atoms with Crippen LogP contribution in [0.1, 0.15) is 51.4 Å². The van der Waals surface area contributed by atoms with Gasteiger partial charge in [-0.05, 0) is 66.6 Å². The smallest absolute Gasteiger partial charge is 0.307 e. The number of carboxylic acids is 1. The molecule has 0 saturated heterocycles. The van der Waals surface area contributed by atoms with E-state index in [1.54, 1.807) is 11.9 Å². The maximum atomic E-state index is 11.8. The second kappa shape index (κ2) is 11.6. The summed E-state index contributed by atoms with van der Waals surface area (Å²) in [6.07, 6.45) is 2.07. The zero-order valence-corrected chi connectivity index (χ0v) is 23.9. The van der Waals surface area contributed by atoms with Crippen LogP contribution in [-0.2, 0) is 17.8 Å². The van der Waals surface area contributed by atoms with E-state index in [1.165, 1.54) is 11.2 Å². The van der Waals surface area contributed by atoms with Crippen molar-refractivity contribution in [2.45, 2.75) is 67.5 Å². The molecule has 0 aliphatic carbocycles. The summed E-state index contributed by atoms with van der Waals surface area (Å²) >= 11 is 7.81. The van der Waals surface area contributed by atoms with Gasteiger partial charge in [-0.25, -0.2) is 0 Å². The zero-order valence-electron chi connectivity index (χ0n) is 22.3. The van der Waals surface area contributed by atoms with Crippen molar-refractivity contribution in [2.24, 2.45) is 5.41 Å². The monoisotopic (exact) mass is 514 g/mol. The largest absolute Gasteiger partial charge is 0.481 e. The van der Waals surface area contributed by atoms with Gasteiger partial charge in [-0.2, -0.15) is 0 Å². The first-order chi connectivity index (χ1) is 16.3. The molecule has 0 radical (unpaired) electrons. The standard InChI is InChI=1S/C22H23ClN2O2S.C5H12.C2H4/c1-12-9-18-20(15-5-7-16(23)8-6-15)17(10-19(26)27)14(3)21-22(18)24(12)11-13(2)25(21)28-4;1-5(2,3)4;1-2/h5-9,13H,10-11H2,1-4H3,(H,26,27);1-4H3;1-2H2/t13-;;/m1../s1. The molecule has 1 aromatic heterocycles. The Morgan fingerprint density at radius 1 is 1.17 bits per heavy atom. The number of aromatic nitrogens is 1. The van der Waals surface area contributed by atoms with Gasteiger partial charge in [0.1, 0.15) is 0 Å². The Morgan fingerprint density at radius 2 is 1.71 bits per heavy atom. The number of hydrogen-bond donors (Lipinski definition) is 1. The predicted molar refractivity (Wildman–Crippen MR) is 155 cm³/mol. The fourth-order valence-electron chi connectivity index (χ4n) is 4.45. The maximum Gasteiger partial charge on any atom is 0.307 e. The van der Waals surface area contributed by atoms with Crippen molar-refractivity contribution in [1.82, 2.24) is 4.57 Å². The molecule has 2 heterocycles. The third-order valence-electron chi connectivity index (χ3n) is 5.63. The van der Waals surface area contributed by atoms with E-state index in [1.807, 2.05) is 24.3 Å². The minimum atomic E-state index is -0.819. The van der Waals surface area contributed by atoms with Crippen molar-refractivity contribution in [3.63, 3.8) is 0 Å². The Kier molecular flexibility index (Phi) is 9.55. The molecule has 4 nitrogen and oxygen atoms in total. The van der Waals surface area contributed by atoms with E-state index in [9.17, 15) is 9.90 Å². The first-order valence-corrected chi connectivity index (χ1v) is 13.4. The minimum absolute atomic E-state index is 0.00639. The Labute approximate surface area is 220 Å². The van der Waals surface area contributed by atoms with Crippen LogP contribution in [0.25, 0.3) is 22.0 Å². The number of carboxylic acid groups (broad SMARTS) is 1. The number of benzene rings is 2. The number of halogens is 1. The summed E-state index contributed by atoms with van der Waals surface area (Å²) in [6, 6.07) is 10.2. The molecule has 1 N–H and O–H groups in total. The van der Waals surface area contributed by atoms with Gasteiger partial charge >= 0.3 is 5.97 Å². The van der Waals surface area contributed by atoms with Crippen LogP contribution in [0.2, 0.25) is 5.02 Å². The third kappa shape index (κ3) is 6.45. The molecule has 6 heteroatoms. The van der Waals surface area contributed by atoms with Gasteiger partial charge in [-0.15, -0.1) is 13.2 Å². The molecular formula is C29H39ClN2O2S. The van der Waals surface area contributed by atoms with E-state index in [4.69, 9.17) is 11.6 Å². The Bertz CT molecular complexity index is 1190. The third-order valence-corrected chi connectivity index (χ3v) is 6.82. The lowest BCUT2D eigenvalue weighted by atomic mass is 9.89. The number of anilines is 1. The molecule has 0 fully saturated rings. The Balaban J connectivity index is 0.000000551. The summed E-state index contributed by atoms with van der Waals surface area (Å²) in [5.41, 5.74) is 7.97. The number of aryl methyl sites for hydroxylation is 1. The second-order valence-corrected chi connectivity index (χ2v) is 11.6. The zero-order chi connectivity index (χ0) is 26.7. The molecule has 4 rings (SSSR count). The molecule has 1 aliphatic heterocycles. The van der Waals surface area contributed by atoms with Gasteiger partial charge in [0.25, 0.3) is 0 Å². The molecule has 0 unspecified atom stereocenters.